The fourth-order valence-corrected chi connectivity index (χ4v) is 2.82. The third kappa shape index (κ3) is 5.20. The monoisotopic (exact) mass is 411 g/mol. The molecular weight excluding hydrogens is 386 g/mol. The van der Waals surface area contributed by atoms with Crippen molar-refractivity contribution in [3.05, 3.63) is 64.7 Å². The van der Waals surface area contributed by atoms with Crippen LogP contribution in [-0.4, -0.2) is 47.4 Å². The predicted molar refractivity (Wildman–Crippen MR) is 115 cm³/mol. The van der Waals surface area contributed by atoms with Gasteiger partial charge >= 0.3 is 5.97 Å². The Morgan fingerprint density at radius 1 is 0.800 bits per heavy atom. The molecule has 7 nitrogen and oxygen atoms in total. The minimum atomic E-state index is -0.658. The fraction of sp³-hybridized carbons (Fsp3) is 0.217. The van der Waals surface area contributed by atoms with Crippen LogP contribution in [-0.2, 0) is 14.3 Å². The second-order valence-corrected chi connectivity index (χ2v) is 6.06. The Bertz CT molecular complexity index is 938. The maximum Gasteiger partial charge on any atom is 0.338 e. The number of rotatable bonds is 8. The SMILES string of the molecule is CNC(=O)C(=Cc1ccccc1)C(=Cc1cc(OC)c(OC)c(OC)c1)C(=O)OC. The average molecular weight is 411 g/mol. The average Bonchev–Trinajstić information content (AvgIpc) is 2.79. The molecule has 0 aromatic heterocycles. The van der Waals surface area contributed by atoms with Gasteiger partial charge in [0.25, 0.3) is 5.91 Å². The smallest absolute Gasteiger partial charge is 0.338 e. The highest BCUT2D eigenvalue weighted by Gasteiger charge is 2.22. The molecule has 0 radical (unpaired) electrons. The van der Waals surface area contributed by atoms with Gasteiger partial charge in [-0.15, -0.1) is 0 Å². The summed E-state index contributed by atoms with van der Waals surface area (Å²) in [4.78, 5) is 25.2. The van der Waals surface area contributed by atoms with Crippen molar-refractivity contribution in [2.24, 2.45) is 0 Å². The number of ether oxygens (including phenoxy) is 4. The lowest BCUT2D eigenvalue weighted by Gasteiger charge is -2.14. The van der Waals surface area contributed by atoms with E-state index < -0.39 is 11.9 Å². The van der Waals surface area contributed by atoms with Crippen molar-refractivity contribution < 1.29 is 28.5 Å². The highest BCUT2D eigenvalue weighted by atomic mass is 16.5. The van der Waals surface area contributed by atoms with E-state index in [1.165, 1.54) is 35.5 Å². The lowest BCUT2D eigenvalue weighted by Crippen LogP contribution is -2.24. The summed E-state index contributed by atoms with van der Waals surface area (Å²) in [5, 5.41) is 2.57. The Labute approximate surface area is 175 Å². The molecule has 1 N–H and O–H groups in total. The summed E-state index contributed by atoms with van der Waals surface area (Å²) in [6, 6.07) is 12.6. The van der Waals surface area contributed by atoms with Crippen molar-refractivity contribution >= 4 is 24.0 Å². The van der Waals surface area contributed by atoms with Gasteiger partial charge in [0.2, 0.25) is 5.75 Å². The molecule has 0 aliphatic heterocycles. The van der Waals surface area contributed by atoms with Crippen LogP contribution in [0.2, 0.25) is 0 Å². The van der Waals surface area contributed by atoms with E-state index in [1.54, 1.807) is 24.3 Å². The maximum atomic E-state index is 12.6. The Kier molecular flexibility index (Phi) is 8.05. The van der Waals surface area contributed by atoms with Crippen molar-refractivity contribution in [1.82, 2.24) is 5.32 Å². The minimum absolute atomic E-state index is 0.0787. The van der Waals surface area contributed by atoms with E-state index in [2.05, 4.69) is 5.32 Å². The lowest BCUT2D eigenvalue weighted by molar-refractivity contribution is -0.136. The molecular formula is C23H25NO6. The van der Waals surface area contributed by atoms with Crippen molar-refractivity contribution in [3.63, 3.8) is 0 Å². The Hall–Kier alpha value is -3.74. The Balaban J connectivity index is 2.71. The summed E-state index contributed by atoms with van der Waals surface area (Å²) in [6.45, 7) is 0. The van der Waals surface area contributed by atoms with E-state index in [4.69, 9.17) is 18.9 Å². The second kappa shape index (κ2) is 10.7. The molecule has 2 aromatic carbocycles. The first-order valence-corrected chi connectivity index (χ1v) is 9.08. The van der Waals surface area contributed by atoms with Gasteiger partial charge in [0.1, 0.15) is 0 Å². The van der Waals surface area contributed by atoms with E-state index in [0.29, 0.717) is 22.8 Å². The summed E-state index contributed by atoms with van der Waals surface area (Å²) >= 11 is 0. The predicted octanol–water partition coefficient (Wildman–Crippen LogP) is 3.10. The lowest BCUT2D eigenvalue weighted by atomic mass is 9.99. The highest BCUT2D eigenvalue weighted by molar-refractivity contribution is 6.14. The number of amides is 1. The molecule has 1 amide bonds. The van der Waals surface area contributed by atoms with E-state index in [9.17, 15) is 9.59 Å². The van der Waals surface area contributed by atoms with Crippen LogP contribution in [0.3, 0.4) is 0 Å². The number of likely N-dealkylation sites (N-methyl/N-ethyl adjacent to an activating group) is 1. The zero-order valence-electron chi connectivity index (χ0n) is 17.6. The van der Waals surface area contributed by atoms with E-state index >= 15 is 0 Å². The van der Waals surface area contributed by atoms with Gasteiger partial charge < -0.3 is 24.3 Å². The standard InChI is InChI=1S/C23H25NO6/c1-24-22(25)17(11-15-9-7-6-8-10-15)18(23(26)30-5)12-16-13-19(27-2)21(29-4)20(14-16)28-3/h6-14H,1-5H3,(H,24,25). The number of nitrogens with one attached hydrogen (secondary N) is 1. The topological polar surface area (TPSA) is 83.1 Å². The van der Waals surface area contributed by atoms with Crippen molar-refractivity contribution in [2.45, 2.75) is 0 Å². The number of methoxy groups -OCH3 is 4. The van der Waals surface area contributed by atoms with Gasteiger partial charge in [-0.3, -0.25) is 4.79 Å². The normalized spacial score (nSPS) is 11.5. The molecule has 0 aliphatic carbocycles. The van der Waals surface area contributed by atoms with Gasteiger partial charge in [0, 0.05) is 7.05 Å². The summed E-state index contributed by atoms with van der Waals surface area (Å²) < 4.78 is 21.0. The molecule has 7 heteroatoms. The molecule has 0 saturated heterocycles. The number of carbonyl (C=O) groups excluding carboxylic acids is 2. The van der Waals surface area contributed by atoms with E-state index in [1.807, 2.05) is 30.3 Å². The first-order valence-electron chi connectivity index (χ1n) is 9.08. The van der Waals surface area contributed by atoms with E-state index in [-0.39, 0.29) is 11.1 Å². The number of carbonyl (C=O) groups is 2. The highest BCUT2D eigenvalue weighted by Crippen LogP contribution is 2.39. The molecule has 0 bridgehead atoms. The zero-order valence-corrected chi connectivity index (χ0v) is 17.6. The quantitative estimate of drug-likeness (QED) is 0.408. The molecule has 0 heterocycles. The number of benzene rings is 2. The van der Waals surface area contributed by atoms with Gasteiger partial charge in [-0.1, -0.05) is 30.3 Å². The van der Waals surface area contributed by atoms with Crippen molar-refractivity contribution in [1.29, 1.82) is 0 Å². The number of hydrogen-bond acceptors (Lipinski definition) is 6. The summed E-state index contributed by atoms with van der Waals surface area (Å²) in [7, 11) is 7.25. The van der Waals surface area contributed by atoms with Crippen LogP contribution in [0.4, 0.5) is 0 Å². The molecule has 0 saturated carbocycles. The number of esters is 1. The Morgan fingerprint density at radius 2 is 1.37 bits per heavy atom. The first-order chi connectivity index (χ1) is 14.5. The second-order valence-electron chi connectivity index (χ2n) is 6.06. The van der Waals surface area contributed by atoms with Crippen LogP contribution >= 0.6 is 0 Å². The van der Waals surface area contributed by atoms with Crippen LogP contribution in [0.25, 0.3) is 12.2 Å². The summed E-state index contributed by atoms with van der Waals surface area (Å²) in [5.41, 5.74) is 1.56. The third-order valence-electron chi connectivity index (χ3n) is 4.28. The van der Waals surface area contributed by atoms with Gasteiger partial charge in [0.05, 0.1) is 39.6 Å². The van der Waals surface area contributed by atoms with Crippen LogP contribution in [0, 0.1) is 0 Å². The maximum absolute atomic E-state index is 12.6. The van der Waals surface area contributed by atoms with E-state index in [0.717, 1.165) is 5.56 Å². The van der Waals surface area contributed by atoms with Gasteiger partial charge in [-0.25, -0.2) is 4.79 Å². The van der Waals surface area contributed by atoms with Crippen LogP contribution in [0.5, 0.6) is 17.2 Å². The molecule has 0 aliphatic rings. The molecule has 158 valence electrons. The molecule has 0 atom stereocenters. The molecule has 0 unspecified atom stereocenters. The molecule has 2 aromatic rings. The van der Waals surface area contributed by atoms with Crippen LogP contribution in [0.15, 0.2) is 53.6 Å². The zero-order chi connectivity index (χ0) is 22.1. The van der Waals surface area contributed by atoms with Gasteiger partial charge in [-0.05, 0) is 35.4 Å². The van der Waals surface area contributed by atoms with Crippen LogP contribution in [0.1, 0.15) is 11.1 Å². The fourth-order valence-electron chi connectivity index (χ4n) is 2.82. The minimum Gasteiger partial charge on any atom is -0.493 e. The van der Waals surface area contributed by atoms with Gasteiger partial charge in [-0.2, -0.15) is 0 Å². The largest absolute Gasteiger partial charge is 0.493 e. The molecule has 0 fully saturated rings. The van der Waals surface area contributed by atoms with Crippen molar-refractivity contribution in [3.8, 4) is 17.2 Å². The van der Waals surface area contributed by atoms with Gasteiger partial charge in [0.15, 0.2) is 11.5 Å². The summed E-state index contributed by atoms with van der Waals surface area (Å²) in [6.07, 6.45) is 3.17. The molecule has 30 heavy (non-hydrogen) atoms. The van der Waals surface area contributed by atoms with Crippen molar-refractivity contribution in [2.75, 3.05) is 35.5 Å². The molecule has 2 rings (SSSR count). The Morgan fingerprint density at radius 3 is 1.83 bits per heavy atom. The summed E-state index contributed by atoms with van der Waals surface area (Å²) in [5.74, 6) is 0.169. The third-order valence-corrected chi connectivity index (χ3v) is 4.28. The van der Waals surface area contributed by atoms with Crippen LogP contribution < -0.4 is 19.5 Å². The number of hydrogen-bond donors (Lipinski definition) is 1. The first kappa shape index (κ1) is 22.5. The molecule has 0 spiro atoms.